The fourth-order valence-corrected chi connectivity index (χ4v) is 3.19. The van der Waals surface area contributed by atoms with E-state index in [9.17, 15) is 9.59 Å². The summed E-state index contributed by atoms with van der Waals surface area (Å²) in [6, 6.07) is 7.38. The predicted molar refractivity (Wildman–Crippen MR) is 102 cm³/mol. The van der Waals surface area contributed by atoms with Crippen molar-refractivity contribution in [1.82, 2.24) is 25.1 Å². The molecule has 140 valence electrons. The van der Waals surface area contributed by atoms with Crippen LogP contribution in [0.25, 0.3) is 10.9 Å². The summed E-state index contributed by atoms with van der Waals surface area (Å²) in [5.41, 5.74) is 0.429. The van der Waals surface area contributed by atoms with E-state index in [-0.39, 0.29) is 17.0 Å². The zero-order valence-electron chi connectivity index (χ0n) is 15.7. The summed E-state index contributed by atoms with van der Waals surface area (Å²) in [7, 11) is 0. The normalized spacial score (nSPS) is 16.7. The zero-order chi connectivity index (χ0) is 18.7. The standard InChI is InChI=1S/C19H27N5O2/c1-19(2,3)22-17(25)13-24-10-8-23(9-11-24)12-16-20-15-7-5-4-6-14(15)18(26)21-16/h4-7H,8-13H2,1-3H3,(H,22,25)(H,20,21,26). The zero-order valence-corrected chi connectivity index (χ0v) is 15.7. The maximum Gasteiger partial charge on any atom is 0.258 e. The van der Waals surface area contributed by atoms with Crippen LogP contribution < -0.4 is 10.9 Å². The topological polar surface area (TPSA) is 81.3 Å². The number of piperazine rings is 1. The summed E-state index contributed by atoms with van der Waals surface area (Å²) in [6.07, 6.45) is 0. The fraction of sp³-hybridized carbons (Fsp3) is 0.526. The molecule has 1 amide bonds. The van der Waals surface area contributed by atoms with Crippen molar-refractivity contribution < 1.29 is 4.79 Å². The van der Waals surface area contributed by atoms with Crippen molar-refractivity contribution in [2.75, 3.05) is 32.7 Å². The number of aromatic amines is 1. The lowest BCUT2D eigenvalue weighted by atomic mass is 10.1. The number of nitrogens with zero attached hydrogens (tertiary/aromatic N) is 3. The van der Waals surface area contributed by atoms with Crippen LogP contribution in [0.4, 0.5) is 0 Å². The van der Waals surface area contributed by atoms with Gasteiger partial charge < -0.3 is 10.3 Å². The lowest BCUT2D eigenvalue weighted by Gasteiger charge is -2.34. The Labute approximate surface area is 153 Å². The summed E-state index contributed by atoms with van der Waals surface area (Å²) in [5, 5.41) is 3.61. The Morgan fingerprint density at radius 1 is 1.15 bits per heavy atom. The lowest BCUT2D eigenvalue weighted by Crippen LogP contribution is -2.51. The Balaban J connectivity index is 1.54. The first-order valence-corrected chi connectivity index (χ1v) is 9.04. The van der Waals surface area contributed by atoms with Crippen LogP contribution >= 0.6 is 0 Å². The minimum Gasteiger partial charge on any atom is -0.350 e. The molecule has 2 aromatic rings. The molecule has 3 rings (SSSR count). The number of hydrogen-bond acceptors (Lipinski definition) is 5. The molecule has 0 unspecified atom stereocenters. The van der Waals surface area contributed by atoms with Crippen LogP contribution in [0.5, 0.6) is 0 Å². The number of rotatable bonds is 4. The summed E-state index contributed by atoms with van der Waals surface area (Å²) < 4.78 is 0. The highest BCUT2D eigenvalue weighted by Gasteiger charge is 2.21. The van der Waals surface area contributed by atoms with Gasteiger partial charge in [-0.2, -0.15) is 0 Å². The summed E-state index contributed by atoms with van der Waals surface area (Å²) in [5.74, 6) is 0.749. The highest BCUT2D eigenvalue weighted by molar-refractivity contribution is 5.78. The molecule has 2 N–H and O–H groups in total. The van der Waals surface area contributed by atoms with Crippen molar-refractivity contribution in [2.24, 2.45) is 0 Å². The highest BCUT2D eigenvalue weighted by Crippen LogP contribution is 2.09. The predicted octanol–water partition coefficient (Wildman–Crippen LogP) is 0.955. The largest absolute Gasteiger partial charge is 0.350 e. The Morgan fingerprint density at radius 3 is 2.50 bits per heavy atom. The molecule has 0 radical (unpaired) electrons. The van der Waals surface area contributed by atoms with Crippen molar-refractivity contribution in [2.45, 2.75) is 32.9 Å². The Kier molecular flexibility index (Phi) is 5.38. The van der Waals surface area contributed by atoms with E-state index in [0.29, 0.717) is 24.3 Å². The third-order valence-corrected chi connectivity index (χ3v) is 4.38. The molecule has 1 aromatic heterocycles. The first kappa shape index (κ1) is 18.5. The van der Waals surface area contributed by atoms with Crippen LogP contribution in [0.3, 0.4) is 0 Å². The molecule has 7 nitrogen and oxygen atoms in total. The van der Waals surface area contributed by atoms with Gasteiger partial charge in [0.2, 0.25) is 5.91 Å². The minimum absolute atomic E-state index is 0.0616. The van der Waals surface area contributed by atoms with E-state index in [0.717, 1.165) is 31.7 Å². The monoisotopic (exact) mass is 357 g/mol. The molecular formula is C19H27N5O2. The number of carbonyl (C=O) groups is 1. The van der Waals surface area contributed by atoms with Gasteiger partial charge in [0.05, 0.1) is 24.0 Å². The number of hydrogen-bond donors (Lipinski definition) is 2. The summed E-state index contributed by atoms with van der Waals surface area (Å²) >= 11 is 0. The molecule has 1 aliphatic rings. The average molecular weight is 357 g/mol. The maximum atomic E-state index is 12.2. The molecule has 1 fully saturated rings. The number of carbonyl (C=O) groups excluding carboxylic acids is 1. The van der Waals surface area contributed by atoms with Crippen molar-refractivity contribution in [3.8, 4) is 0 Å². The molecule has 1 aromatic carbocycles. The third-order valence-electron chi connectivity index (χ3n) is 4.38. The van der Waals surface area contributed by atoms with E-state index >= 15 is 0 Å². The van der Waals surface area contributed by atoms with Crippen LogP contribution in [-0.4, -0.2) is 63.9 Å². The van der Waals surface area contributed by atoms with Crippen LogP contribution in [0.15, 0.2) is 29.1 Å². The molecule has 1 aliphatic heterocycles. The number of amides is 1. The molecule has 1 saturated heterocycles. The van der Waals surface area contributed by atoms with Gasteiger partial charge in [-0.05, 0) is 32.9 Å². The molecule has 0 bridgehead atoms. The Bertz CT molecular complexity index is 832. The van der Waals surface area contributed by atoms with Gasteiger partial charge in [0.25, 0.3) is 5.56 Å². The molecule has 26 heavy (non-hydrogen) atoms. The van der Waals surface area contributed by atoms with Crippen LogP contribution in [-0.2, 0) is 11.3 Å². The first-order valence-electron chi connectivity index (χ1n) is 9.04. The Hall–Kier alpha value is -2.25. The van der Waals surface area contributed by atoms with E-state index in [1.54, 1.807) is 6.07 Å². The summed E-state index contributed by atoms with van der Waals surface area (Å²) in [4.78, 5) is 36.1. The SMILES string of the molecule is CC(C)(C)NC(=O)CN1CCN(Cc2nc3ccccc3c(=O)[nH]2)CC1. The van der Waals surface area contributed by atoms with E-state index in [4.69, 9.17) is 0 Å². The van der Waals surface area contributed by atoms with Gasteiger partial charge in [0.15, 0.2) is 0 Å². The average Bonchev–Trinajstić information content (AvgIpc) is 2.55. The number of fused-ring (bicyclic) bond motifs is 1. The number of para-hydroxylation sites is 1. The molecule has 0 saturated carbocycles. The lowest BCUT2D eigenvalue weighted by molar-refractivity contribution is -0.124. The van der Waals surface area contributed by atoms with Gasteiger partial charge in [0.1, 0.15) is 5.82 Å². The first-order chi connectivity index (χ1) is 12.3. The van der Waals surface area contributed by atoms with Gasteiger partial charge in [0, 0.05) is 31.7 Å². The summed E-state index contributed by atoms with van der Waals surface area (Å²) in [6.45, 7) is 10.3. The second kappa shape index (κ2) is 7.55. The van der Waals surface area contributed by atoms with Gasteiger partial charge in [-0.15, -0.1) is 0 Å². The maximum absolute atomic E-state index is 12.2. The second-order valence-electron chi connectivity index (χ2n) is 7.88. The highest BCUT2D eigenvalue weighted by atomic mass is 16.2. The van der Waals surface area contributed by atoms with Gasteiger partial charge in [-0.1, -0.05) is 12.1 Å². The Morgan fingerprint density at radius 2 is 1.81 bits per heavy atom. The van der Waals surface area contributed by atoms with Crippen molar-refractivity contribution >= 4 is 16.8 Å². The van der Waals surface area contributed by atoms with Crippen LogP contribution in [0.1, 0.15) is 26.6 Å². The molecule has 0 aliphatic carbocycles. The number of benzene rings is 1. The molecule has 0 spiro atoms. The smallest absolute Gasteiger partial charge is 0.258 e. The minimum atomic E-state index is -0.202. The van der Waals surface area contributed by atoms with Crippen molar-refractivity contribution in [3.63, 3.8) is 0 Å². The van der Waals surface area contributed by atoms with E-state index < -0.39 is 0 Å². The van der Waals surface area contributed by atoms with Crippen molar-refractivity contribution in [3.05, 3.63) is 40.4 Å². The molecule has 2 heterocycles. The molecule has 7 heteroatoms. The number of H-pyrrole nitrogens is 1. The fourth-order valence-electron chi connectivity index (χ4n) is 3.19. The van der Waals surface area contributed by atoms with Crippen LogP contribution in [0, 0.1) is 0 Å². The number of nitrogens with one attached hydrogen (secondary N) is 2. The number of aromatic nitrogens is 2. The van der Waals surface area contributed by atoms with Crippen LogP contribution in [0.2, 0.25) is 0 Å². The van der Waals surface area contributed by atoms with E-state index in [2.05, 4.69) is 25.1 Å². The van der Waals surface area contributed by atoms with Gasteiger partial charge >= 0.3 is 0 Å². The third kappa shape index (κ3) is 4.89. The van der Waals surface area contributed by atoms with E-state index in [1.165, 1.54) is 0 Å². The van der Waals surface area contributed by atoms with Gasteiger partial charge in [-0.3, -0.25) is 19.4 Å². The van der Waals surface area contributed by atoms with Crippen molar-refractivity contribution in [1.29, 1.82) is 0 Å². The van der Waals surface area contributed by atoms with Gasteiger partial charge in [-0.25, -0.2) is 4.98 Å². The quantitative estimate of drug-likeness (QED) is 0.852. The second-order valence-corrected chi connectivity index (χ2v) is 7.88. The van der Waals surface area contributed by atoms with E-state index in [1.807, 2.05) is 39.0 Å². The molecular weight excluding hydrogens is 330 g/mol. The molecule has 0 atom stereocenters.